The summed E-state index contributed by atoms with van der Waals surface area (Å²) >= 11 is 0. The van der Waals surface area contributed by atoms with E-state index in [1.165, 1.54) is 12.1 Å². The molecule has 1 aliphatic rings. The summed E-state index contributed by atoms with van der Waals surface area (Å²) < 4.78 is 18.6. The highest BCUT2D eigenvalue weighted by molar-refractivity contribution is 5.77. The molecule has 0 unspecified atom stereocenters. The summed E-state index contributed by atoms with van der Waals surface area (Å²) in [4.78, 5) is 14.3. The van der Waals surface area contributed by atoms with E-state index in [1.807, 2.05) is 13.8 Å². The summed E-state index contributed by atoms with van der Waals surface area (Å²) in [6.07, 6.45) is 0.700. The third-order valence-corrected chi connectivity index (χ3v) is 4.60. The van der Waals surface area contributed by atoms with Crippen LogP contribution < -0.4 is 0 Å². The molecule has 6 heteroatoms. The fourth-order valence-electron chi connectivity index (χ4n) is 3.35. The normalized spacial score (nSPS) is 20.6. The molecule has 1 amide bonds. The van der Waals surface area contributed by atoms with E-state index < -0.39 is 6.10 Å². The van der Waals surface area contributed by atoms with Crippen LogP contribution in [0.15, 0.2) is 28.8 Å². The highest BCUT2D eigenvalue weighted by Crippen LogP contribution is 2.33. The van der Waals surface area contributed by atoms with Gasteiger partial charge in [0.1, 0.15) is 11.6 Å². The van der Waals surface area contributed by atoms with Crippen LogP contribution in [0.3, 0.4) is 0 Å². The van der Waals surface area contributed by atoms with Gasteiger partial charge in [-0.05, 0) is 44.4 Å². The quantitative estimate of drug-likeness (QED) is 0.935. The smallest absolute Gasteiger partial charge is 0.223 e. The van der Waals surface area contributed by atoms with Crippen molar-refractivity contribution in [2.75, 3.05) is 6.54 Å². The van der Waals surface area contributed by atoms with Gasteiger partial charge in [0, 0.05) is 18.5 Å². The van der Waals surface area contributed by atoms with Crippen LogP contribution in [0.2, 0.25) is 0 Å². The number of β-amino-alcohol motifs (C(OH)–C–C–N with tert-alkyl or cyclic N) is 1. The van der Waals surface area contributed by atoms with Crippen molar-refractivity contribution < 1.29 is 18.8 Å². The van der Waals surface area contributed by atoms with E-state index in [0.717, 1.165) is 22.6 Å². The van der Waals surface area contributed by atoms with Crippen molar-refractivity contribution in [3.8, 4) is 0 Å². The van der Waals surface area contributed by atoms with Crippen molar-refractivity contribution in [1.82, 2.24) is 10.1 Å². The van der Waals surface area contributed by atoms with E-state index in [2.05, 4.69) is 5.16 Å². The van der Waals surface area contributed by atoms with Gasteiger partial charge < -0.3 is 14.5 Å². The predicted molar refractivity (Wildman–Crippen MR) is 85.8 cm³/mol. The van der Waals surface area contributed by atoms with E-state index >= 15 is 0 Å². The molecule has 1 aromatic carbocycles. The average molecular weight is 332 g/mol. The molecule has 1 N–H and O–H groups in total. The maximum Gasteiger partial charge on any atom is 0.223 e. The topological polar surface area (TPSA) is 66.6 Å². The fourth-order valence-corrected chi connectivity index (χ4v) is 3.35. The molecule has 2 atom stereocenters. The second kappa shape index (κ2) is 6.73. The molecule has 0 radical (unpaired) electrons. The number of aliphatic hydroxyl groups is 1. The summed E-state index contributed by atoms with van der Waals surface area (Å²) in [5.74, 6) is 0.334. The Labute approximate surface area is 140 Å². The number of aromatic nitrogens is 1. The zero-order chi connectivity index (χ0) is 17.3. The molecule has 24 heavy (non-hydrogen) atoms. The van der Waals surface area contributed by atoms with Crippen LogP contribution in [0.5, 0.6) is 0 Å². The number of nitrogens with zero attached hydrogens (tertiary/aromatic N) is 2. The van der Waals surface area contributed by atoms with Gasteiger partial charge in [0.2, 0.25) is 5.91 Å². The lowest BCUT2D eigenvalue weighted by Gasteiger charge is -2.25. The lowest BCUT2D eigenvalue weighted by molar-refractivity contribution is -0.132. The Morgan fingerprint density at radius 2 is 2.25 bits per heavy atom. The molecule has 1 aliphatic heterocycles. The molecule has 3 rings (SSSR count). The summed E-state index contributed by atoms with van der Waals surface area (Å²) in [6, 6.07) is 5.94. The first kappa shape index (κ1) is 16.6. The van der Waals surface area contributed by atoms with Crippen LogP contribution in [0, 0.1) is 19.7 Å². The lowest BCUT2D eigenvalue weighted by atomic mass is 10.0. The standard InChI is InChI=1S/C18H21FN2O3/c1-11-16(12(2)24-20-11)6-7-18(23)21-10-15(22)9-17(21)13-4-3-5-14(19)8-13/h3-5,8,15,17,22H,6-7,9-10H2,1-2H3/t15-,17+/m0/s1. The van der Waals surface area contributed by atoms with E-state index in [0.29, 0.717) is 19.3 Å². The zero-order valence-electron chi connectivity index (χ0n) is 13.8. The second-order valence-electron chi connectivity index (χ2n) is 6.31. The van der Waals surface area contributed by atoms with Crippen LogP contribution in [-0.2, 0) is 11.2 Å². The van der Waals surface area contributed by atoms with E-state index in [9.17, 15) is 14.3 Å². The third-order valence-electron chi connectivity index (χ3n) is 4.60. The Hall–Kier alpha value is -2.21. The maximum absolute atomic E-state index is 13.5. The molecule has 128 valence electrons. The van der Waals surface area contributed by atoms with Crippen molar-refractivity contribution in [3.05, 3.63) is 52.7 Å². The summed E-state index contributed by atoms with van der Waals surface area (Å²) in [5.41, 5.74) is 2.46. The van der Waals surface area contributed by atoms with Gasteiger partial charge in [-0.25, -0.2) is 4.39 Å². The largest absolute Gasteiger partial charge is 0.391 e. The number of halogens is 1. The SMILES string of the molecule is Cc1noc(C)c1CCC(=O)N1C[C@@H](O)C[C@@H]1c1cccc(F)c1. The van der Waals surface area contributed by atoms with Crippen LogP contribution >= 0.6 is 0 Å². The molecule has 2 aromatic rings. The molecular weight excluding hydrogens is 311 g/mol. The Bertz CT molecular complexity index is 724. The van der Waals surface area contributed by atoms with Crippen molar-refractivity contribution >= 4 is 5.91 Å². The number of aryl methyl sites for hydroxylation is 2. The van der Waals surface area contributed by atoms with Gasteiger partial charge in [0.05, 0.1) is 17.8 Å². The Morgan fingerprint density at radius 3 is 2.92 bits per heavy atom. The van der Waals surface area contributed by atoms with E-state index in [1.54, 1.807) is 17.0 Å². The number of carbonyl (C=O) groups is 1. The Balaban J connectivity index is 1.73. The molecule has 2 heterocycles. The molecule has 1 saturated heterocycles. The Kier molecular flexibility index (Phi) is 4.66. The van der Waals surface area contributed by atoms with E-state index in [4.69, 9.17) is 4.52 Å². The minimum Gasteiger partial charge on any atom is -0.391 e. The van der Waals surface area contributed by atoms with Gasteiger partial charge in [-0.15, -0.1) is 0 Å². The molecule has 0 bridgehead atoms. The minimum absolute atomic E-state index is 0.0548. The molecule has 1 aromatic heterocycles. The van der Waals surface area contributed by atoms with Crippen molar-refractivity contribution in [2.24, 2.45) is 0 Å². The monoisotopic (exact) mass is 332 g/mol. The fraction of sp³-hybridized carbons (Fsp3) is 0.444. The van der Waals surface area contributed by atoms with E-state index in [-0.39, 0.29) is 24.3 Å². The van der Waals surface area contributed by atoms with Crippen molar-refractivity contribution in [1.29, 1.82) is 0 Å². The number of carbonyl (C=O) groups excluding carboxylic acids is 1. The molecular formula is C18H21FN2O3. The Morgan fingerprint density at radius 1 is 1.46 bits per heavy atom. The molecule has 1 fully saturated rings. The number of hydrogen-bond acceptors (Lipinski definition) is 4. The van der Waals surface area contributed by atoms with Gasteiger partial charge in [0.25, 0.3) is 0 Å². The summed E-state index contributed by atoms with van der Waals surface area (Å²) in [5, 5.41) is 13.9. The highest BCUT2D eigenvalue weighted by Gasteiger charge is 2.35. The molecule has 0 aliphatic carbocycles. The maximum atomic E-state index is 13.5. The van der Waals surface area contributed by atoms with Crippen LogP contribution in [0.25, 0.3) is 0 Å². The second-order valence-corrected chi connectivity index (χ2v) is 6.31. The van der Waals surface area contributed by atoms with Crippen molar-refractivity contribution in [2.45, 2.75) is 45.3 Å². The molecule has 0 saturated carbocycles. The van der Waals surface area contributed by atoms with Crippen molar-refractivity contribution in [3.63, 3.8) is 0 Å². The van der Waals surface area contributed by atoms with Gasteiger partial charge in [-0.2, -0.15) is 0 Å². The number of rotatable bonds is 4. The van der Waals surface area contributed by atoms with Crippen LogP contribution in [0.4, 0.5) is 4.39 Å². The molecule has 5 nitrogen and oxygen atoms in total. The van der Waals surface area contributed by atoms with Gasteiger partial charge in [-0.3, -0.25) is 4.79 Å². The number of aliphatic hydroxyl groups excluding tert-OH is 1. The first-order valence-corrected chi connectivity index (χ1v) is 8.10. The van der Waals surface area contributed by atoms with Gasteiger partial charge in [-0.1, -0.05) is 17.3 Å². The third kappa shape index (κ3) is 3.33. The lowest BCUT2D eigenvalue weighted by Crippen LogP contribution is -2.32. The van der Waals surface area contributed by atoms with Crippen LogP contribution in [0.1, 0.15) is 41.5 Å². The average Bonchev–Trinajstić information content (AvgIpc) is 3.08. The minimum atomic E-state index is -0.582. The highest BCUT2D eigenvalue weighted by atomic mass is 19.1. The first-order valence-electron chi connectivity index (χ1n) is 8.10. The summed E-state index contributed by atoms with van der Waals surface area (Å²) in [7, 11) is 0. The zero-order valence-corrected chi connectivity index (χ0v) is 13.8. The first-order chi connectivity index (χ1) is 11.5. The summed E-state index contributed by atoms with van der Waals surface area (Å²) in [6.45, 7) is 3.96. The van der Waals surface area contributed by atoms with Gasteiger partial charge in [0.15, 0.2) is 0 Å². The number of hydrogen-bond donors (Lipinski definition) is 1. The number of likely N-dealkylation sites (tertiary alicyclic amines) is 1. The van der Waals surface area contributed by atoms with Gasteiger partial charge >= 0.3 is 0 Å². The van der Waals surface area contributed by atoms with Crippen LogP contribution in [-0.4, -0.2) is 33.7 Å². The molecule has 0 spiro atoms. The number of amides is 1. The number of benzene rings is 1. The predicted octanol–water partition coefficient (Wildman–Crippen LogP) is 2.70.